The molecule has 4 rings (SSSR count). The second kappa shape index (κ2) is 10.4. The molecule has 1 amide bonds. The molecule has 1 saturated heterocycles. The van der Waals surface area contributed by atoms with Gasteiger partial charge in [0, 0.05) is 18.8 Å². The van der Waals surface area contributed by atoms with Gasteiger partial charge in [-0.3, -0.25) is 9.59 Å². The molecule has 188 valence electrons. The summed E-state index contributed by atoms with van der Waals surface area (Å²) in [5.74, 6) is 0.408. The molecular formula is C26H32N2O6S. The van der Waals surface area contributed by atoms with Crippen molar-refractivity contribution in [2.45, 2.75) is 49.8 Å². The van der Waals surface area contributed by atoms with Gasteiger partial charge >= 0.3 is 5.97 Å². The van der Waals surface area contributed by atoms with Crippen LogP contribution in [0.2, 0.25) is 0 Å². The minimum absolute atomic E-state index is 0.200. The van der Waals surface area contributed by atoms with E-state index < -0.39 is 15.4 Å². The third kappa shape index (κ3) is 5.67. The number of rotatable bonds is 9. The van der Waals surface area contributed by atoms with Gasteiger partial charge in [-0.2, -0.15) is 4.31 Å². The smallest absolute Gasteiger partial charge is 0.316 e. The lowest BCUT2D eigenvalue weighted by Crippen LogP contribution is -2.37. The first-order valence-electron chi connectivity index (χ1n) is 12.1. The van der Waals surface area contributed by atoms with Crippen LogP contribution in [0.15, 0.2) is 53.4 Å². The largest absolute Gasteiger partial charge is 0.484 e. The Labute approximate surface area is 206 Å². The maximum absolute atomic E-state index is 12.8. The van der Waals surface area contributed by atoms with Crippen molar-refractivity contribution in [3.63, 3.8) is 0 Å². The van der Waals surface area contributed by atoms with Gasteiger partial charge in [0.1, 0.15) is 5.75 Å². The molecule has 9 heteroatoms. The first-order chi connectivity index (χ1) is 16.7. The predicted octanol–water partition coefficient (Wildman–Crippen LogP) is 3.72. The molecule has 0 unspecified atom stereocenters. The first kappa shape index (κ1) is 25.2. The molecule has 1 heterocycles. The van der Waals surface area contributed by atoms with Crippen LogP contribution in [-0.4, -0.2) is 50.9 Å². The van der Waals surface area contributed by atoms with E-state index in [2.05, 4.69) is 12.2 Å². The number of carbonyl (C=O) groups is 2. The second-order valence-corrected chi connectivity index (χ2v) is 11.2. The summed E-state index contributed by atoms with van der Waals surface area (Å²) in [7, 11) is -3.52. The monoisotopic (exact) mass is 500 g/mol. The minimum Gasteiger partial charge on any atom is -0.484 e. The number of hydrogen-bond acceptors (Lipinski definition) is 6. The van der Waals surface area contributed by atoms with E-state index in [4.69, 9.17) is 9.47 Å². The zero-order valence-electron chi connectivity index (χ0n) is 20.2. The van der Waals surface area contributed by atoms with Crippen molar-refractivity contribution in [1.29, 1.82) is 0 Å². The van der Waals surface area contributed by atoms with Crippen LogP contribution in [0.5, 0.6) is 5.75 Å². The number of ether oxygens (including phenoxy) is 2. The third-order valence-electron chi connectivity index (χ3n) is 6.71. The zero-order chi connectivity index (χ0) is 25.1. The molecular weight excluding hydrogens is 468 g/mol. The highest BCUT2D eigenvalue weighted by molar-refractivity contribution is 7.89. The average molecular weight is 501 g/mol. The van der Waals surface area contributed by atoms with Crippen LogP contribution >= 0.6 is 0 Å². The van der Waals surface area contributed by atoms with E-state index in [1.807, 2.05) is 12.1 Å². The van der Waals surface area contributed by atoms with Gasteiger partial charge in [-0.25, -0.2) is 8.42 Å². The molecule has 2 fully saturated rings. The number of nitrogens with zero attached hydrogens (tertiary/aromatic N) is 1. The van der Waals surface area contributed by atoms with Crippen molar-refractivity contribution in [1.82, 2.24) is 4.31 Å². The number of carbonyl (C=O) groups excluding carboxylic acids is 2. The quantitative estimate of drug-likeness (QED) is 0.527. The first-order valence-corrected chi connectivity index (χ1v) is 13.5. The fourth-order valence-electron chi connectivity index (χ4n) is 4.31. The van der Waals surface area contributed by atoms with E-state index in [1.54, 1.807) is 31.2 Å². The molecule has 0 spiro atoms. The van der Waals surface area contributed by atoms with Gasteiger partial charge in [-0.1, -0.05) is 19.1 Å². The van der Waals surface area contributed by atoms with Crippen LogP contribution in [0, 0.1) is 5.92 Å². The maximum atomic E-state index is 12.8. The summed E-state index contributed by atoms with van der Waals surface area (Å²) < 4.78 is 37.9. The molecule has 2 aliphatic rings. The highest BCUT2D eigenvalue weighted by atomic mass is 32.2. The molecule has 2 aromatic rings. The van der Waals surface area contributed by atoms with E-state index in [9.17, 15) is 18.0 Å². The molecule has 35 heavy (non-hydrogen) atoms. The van der Waals surface area contributed by atoms with Gasteiger partial charge in [-0.15, -0.1) is 0 Å². The van der Waals surface area contributed by atoms with E-state index in [1.165, 1.54) is 16.4 Å². The molecule has 1 N–H and O–H groups in total. The molecule has 0 atom stereocenters. The lowest BCUT2D eigenvalue weighted by Gasteiger charge is -2.29. The molecule has 1 saturated carbocycles. The molecule has 0 bridgehead atoms. The Morgan fingerprint density at radius 3 is 2.23 bits per heavy atom. The van der Waals surface area contributed by atoms with Gasteiger partial charge in [0.15, 0.2) is 6.61 Å². The standard InChI is InChI=1S/C26H32N2O6S/c1-3-33-25(30)26(14-15-26)20-4-6-21(7-5-20)27-24(29)18-34-22-8-10-23(11-9-22)35(31,32)28-16-12-19(2)13-17-28/h4-11,19H,3,12-18H2,1-2H3,(H,27,29). The highest BCUT2D eigenvalue weighted by Gasteiger charge is 2.52. The summed E-state index contributed by atoms with van der Waals surface area (Å²) in [5, 5.41) is 2.77. The van der Waals surface area contributed by atoms with Crippen LogP contribution in [0.25, 0.3) is 0 Å². The Hall–Kier alpha value is -2.91. The summed E-state index contributed by atoms with van der Waals surface area (Å²) in [6.45, 7) is 5.13. The zero-order valence-corrected chi connectivity index (χ0v) is 21.0. The van der Waals surface area contributed by atoms with Crippen molar-refractivity contribution in [2.24, 2.45) is 5.92 Å². The number of benzene rings is 2. The summed E-state index contributed by atoms with van der Waals surface area (Å²) in [4.78, 5) is 24.8. The van der Waals surface area contributed by atoms with Crippen molar-refractivity contribution < 1.29 is 27.5 Å². The maximum Gasteiger partial charge on any atom is 0.316 e. The number of sulfonamides is 1. The van der Waals surface area contributed by atoms with Gasteiger partial charge < -0.3 is 14.8 Å². The lowest BCUT2D eigenvalue weighted by atomic mass is 9.96. The average Bonchev–Trinajstić information content (AvgIpc) is 3.66. The lowest BCUT2D eigenvalue weighted by molar-refractivity contribution is -0.146. The van der Waals surface area contributed by atoms with E-state index >= 15 is 0 Å². The molecule has 1 aliphatic heterocycles. The Morgan fingerprint density at radius 2 is 1.66 bits per heavy atom. The Bertz CT molecular complexity index is 1150. The van der Waals surface area contributed by atoms with Gasteiger partial charge in [-0.05, 0) is 80.5 Å². The topological polar surface area (TPSA) is 102 Å². The number of hydrogen-bond donors (Lipinski definition) is 1. The van der Waals surface area contributed by atoms with Gasteiger partial charge in [0.05, 0.1) is 16.9 Å². The summed E-state index contributed by atoms with van der Waals surface area (Å²) in [6, 6.07) is 13.3. The normalized spacial score (nSPS) is 18.0. The third-order valence-corrected chi connectivity index (χ3v) is 8.62. The fraction of sp³-hybridized carbons (Fsp3) is 0.462. The Morgan fingerprint density at radius 1 is 1.03 bits per heavy atom. The van der Waals surface area contributed by atoms with Crippen LogP contribution in [0.4, 0.5) is 5.69 Å². The van der Waals surface area contributed by atoms with E-state index in [0.29, 0.717) is 37.1 Å². The minimum atomic E-state index is -3.52. The number of nitrogens with one attached hydrogen (secondary N) is 1. The van der Waals surface area contributed by atoms with Crippen molar-refractivity contribution >= 4 is 27.6 Å². The van der Waals surface area contributed by atoms with Crippen LogP contribution in [0.3, 0.4) is 0 Å². The number of anilines is 1. The predicted molar refractivity (Wildman–Crippen MR) is 132 cm³/mol. The second-order valence-electron chi connectivity index (χ2n) is 9.27. The van der Waals surface area contributed by atoms with E-state index in [0.717, 1.165) is 31.2 Å². The van der Waals surface area contributed by atoms with Crippen LogP contribution in [-0.2, 0) is 29.8 Å². The summed E-state index contributed by atoms with van der Waals surface area (Å²) >= 11 is 0. The number of piperidine rings is 1. The van der Waals surface area contributed by atoms with Crippen molar-refractivity contribution in [3.05, 3.63) is 54.1 Å². The van der Waals surface area contributed by atoms with Gasteiger partial charge in [0.25, 0.3) is 5.91 Å². The SMILES string of the molecule is CCOC(=O)C1(c2ccc(NC(=O)COc3ccc(S(=O)(=O)N4CCC(C)CC4)cc3)cc2)CC1. The summed E-state index contributed by atoms with van der Waals surface area (Å²) in [5.41, 5.74) is 0.937. The van der Waals surface area contributed by atoms with Crippen LogP contribution in [0.1, 0.15) is 45.1 Å². The van der Waals surface area contributed by atoms with E-state index in [-0.39, 0.29) is 23.4 Å². The van der Waals surface area contributed by atoms with Crippen molar-refractivity contribution in [2.75, 3.05) is 31.6 Å². The fourth-order valence-corrected chi connectivity index (χ4v) is 5.78. The molecule has 8 nitrogen and oxygen atoms in total. The van der Waals surface area contributed by atoms with Crippen LogP contribution < -0.4 is 10.1 Å². The van der Waals surface area contributed by atoms with Crippen molar-refractivity contribution in [3.8, 4) is 5.75 Å². The Kier molecular flexibility index (Phi) is 7.47. The number of amides is 1. The summed E-state index contributed by atoms with van der Waals surface area (Å²) in [6.07, 6.45) is 3.26. The molecule has 0 radical (unpaired) electrons. The Balaban J connectivity index is 1.29. The molecule has 0 aromatic heterocycles. The van der Waals surface area contributed by atoms with Gasteiger partial charge in [0.2, 0.25) is 10.0 Å². The highest BCUT2D eigenvalue weighted by Crippen LogP contribution is 2.49. The molecule has 1 aliphatic carbocycles. The molecule has 2 aromatic carbocycles. The number of esters is 1.